The van der Waals surface area contributed by atoms with E-state index >= 15 is 0 Å². The maximum absolute atomic E-state index is 13.5. The summed E-state index contributed by atoms with van der Waals surface area (Å²) < 4.78 is 13.5. The van der Waals surface area contributed by atoms with Gasteiger partial charge in [0.05, 0.1) is 6.04 Å². The van der Waals surface area contributed by atoms with Crippen LogP contribution in [0.2, 0.25) is 0 Å². The first-order chi connectivity index (χ1) is 9.24. The van der Waals surface area contributed by atoms with Gasteiger partial charge in [-0.1, -0.05) is 0 Å². The number of hydrogen-bond acceptors (Lipinski definition) is 3. The second kappa shape index (κ2) is 4.88. The minimum Gasteiger partial charge on any atom is -0.399 e. The molecule has 2 heterocycles. The van der Waals surface area contributed by atoms with E-state index in [0.29, 0.717) is 5.69 Å². The fourth-order valence-electron chi connectivity index (χ4n) is 2.77. The maximum Gasteiger partial charge on any atom is 0.127 e. The second-order valence-electron chi connectivity index (χ2n) is 4.87. The van der Waals surface area contributed by atoms with Gasteiger partial charge in [0.1, 0.15) is 5.82 Å². The van der Waals surface area contributed by atoms with Crippen LogP contribution in [0.15, 0.2) is 42.7 Å². The molecule has 3 rings (SSSR count). The van der Waals surface area contributed by atoms with Crippen molar-refractivity contribution in [3.8, 4) is 0 Å². The van der Waals surface area contributed by atoms with Gasteiger partial charge in [0, 0.05) is 30.3 Å². The zero-order chi connectivity index (χ0) is 13.2. The Morgan fingerprint density at radius 2 is 2.00 bits per heavy atom. The molecular weight excluding hydrogens is 241 g/mol. The largest absolute Gasteiger partial charge is 0.399 e. The quantitative estimate of drug-likeness (QED) is 0.840. The number of rotatable bonds is 2. The highest BCUT2D eigenvalue weighted by molar-refractivity contribution is 5.58. The third-order valence-corrected chi connectivity index (χ3v) is 3.58. The van der Waals surface area contributed by atoms with Crippen LogP contribution in [0.1, 0.15) is 24.4 Å². The molecule has 0 bridgehead atoms. The zero-order valence-corrected chi connectivity index (χ0v) is 10.6. The van der Waals surface area contributed by atoms with Crippen molar-refractivity contribution in [3.63, 3.8) is 0 Å². The standard InChI is InChI=1S/C15H16FN3/c16-12-8-13(17)10-14(9-12)19-7-1-2-15(19)11-3-5-18-6-4-11/h3-6,8-10,15H,1-2,7,17H2. The second-order valence-corrected chi connectivity index (χ2v) is 4.87. The van der Waals surface area contributed by atoms with E-state index in [0.717, 1.165) is 25.1 Å². The molecule has 1 unspecified atom stereocenters. The van der Waals surface area contributed by atoms with Crippen LogP contribution >= 0.6 is 0 Å². The van der Waals surface area contributed by atoms with Crippen molar-refractivity contribution in [2.75, 3.05) is 17.2 Å². The molecule has 1 aliphatic rings. The van der Waals surface area contributed by atoms with Gasteiger partial charge in [0.2, 0.25) is 0 Å². The summed E-state index contributed by atoms with van der Waals surface area (Å²) in [6.07, 6.45) is 5.77. The molecule has 4 heteroatoms. The highest BCUT2D eigenvalue weighted by Crippen LogP contribution is 2.36. The van der Waals surface area contributed by atoms with Gasteiger partial charge in [0.25, 0.3) is 0 Å². The highest BCUT2D eigenvalue weighted by Gasteiger charge is 2.26. The van der Waals surface area contributed by atoms with Gasteiger partial charge in [-0.25, -0.2) is 4.39 Å². The molecule has 1 aromatic heterocycles. The first kappa shape index (κ1) is 12.0. The monoisotopic (exact) mass is 257 g/mol. The summed E-state index contributed by atoms with van der Waals surface area (Å²) in [5, 5.41) is 0. The molecule has 0 radical (unpaired) electrons. The Morgan fingerprint density at radius 1 is 1.21 bits per heavy atom. The number of nitrogen functional groups attached to an aromatic ring is 1. The highest BCUT2D eigenvalue weighted by atomic mass is 19.1. The van der Waals surface area contributed by atoms with E-state index in [1.807, 2.05) is 18.2 Å². The molecule has 0 saturated carbocycles. The Labute approximate surface area is 111 Å². The molecule has 1 atom stereocenters. The van der Waals surface area contributed by atoms with E-state index in [-0.39, 0.29) is 11.9 Å². The molecule has 1 saturated heterocycles. The SMILES string of the molecule is Nc1cc(F)cc(N2CCCC2c2ccncc2)c1. The number of halogens is 1. The van der Waals surface area contributed by atoms with Crippen molar-refractivity contribution < 1.29 is 4.39 Å². The van der Waals surface area contributed by atoms with E-state index < -0.39 is 0 Å². The summed E-state index contributed by atoms with van der Waals surface area (Å²) in [5.41, 5.74) is 8.28. The van der Waals surface area contributed by atoms with E-state index in [1.165, 1.54) is 11.6 Å². The molecule has 0 spiro atoms. The minimum absolute atomic E-state index is 0.282. The first-order valence-corrected chi connectivity index (χ1v) is 6.47. The van der Waals surface area contributed by atoms with Crippen molar-refractivity contribution >= 4 is 11.4 Å². The molecule has 0 aliphatic carbocycles. The van der Waals surface area contributed by atoms with Crippen molar-refractivity contribution in [3.05, 3.63) is 54.1 Å². The third-order valence-electron chi connectivity index (χ3n) is 3.58. The fourth-order valence-corrected chi connectivity index (χ4v) is 2.77. The number of benzene rings is 1. The molecule has 0 amide bonds. The molecular formula is C15H16FN3. The summed E-state index contributed by atoms with van der Waals surface area (Å²) in [6.45, 7) is 0.926. The maximum atomic E-state index is 13.5. The van der Waals surface area contributed by atoms with Crippen LogP contribution in [0, 0.1) is 5.82 Å². The molecule has 2 aromatic rings. The van der Waals surface area contributed by atoms with Gasteiger partial charge in [0.15, 0.2) is 0 Å². The Morgan fingerprint density at radius 3 is 2.74 bits per heavy atom. The number of nitrogens with two attached hydrogens (primary N) is 1. The Kier molecular flexibility index (Phi) is 3.07. The van der Waals surface area contributed by atoms with Gasteiger partial charge in [-0.2, -0.15) is 0 Å². The lowest BCUT2D eigenvalue weighted by Gasteiger charge is -2.27. The van der Waals surface area contributed by atoms with Crippen molar-refractivity contribution in [2.45, 2.75) is 18.9 Å². The summed E-state index contributed by atoms with van der Waals surface area (Å²) >= 11 is 0. The molecule has 1 fully saturated rings. The van der Waals surface area contributed by atoms with Crippen LogP contribution in [0.5, 0.6) is 0 Å². The Balaban J connectivity index is 1.95. The van der Waals surface area contributed by atoms with Gasteiger partial charge in [-0.05, 0) is 48.7 Å². The van der Waals surface area contributed by atoms with E-state index in [2.05, 4.69) is 9.88 Å². The molecule has 98 valence electrons. The molecule has 1 aliphatic heterocycles. The smallest absolute Gasteiger partial charge is 0.127 e. The summed E-state index contributed by atoms with van der Waals surface area (Å²) in [5.74, 6) is -0.282. The molecule has 3 nitrogen and oxygen atoms in total. The fraction of sp³-hybridized carbons (Fsp3) is 0.267. The van der Waals surface area contributed by atoms with Gasteiger partial charge in [-0.3, -0.25) is 4.98 Å². The average Bonchev–Trinajstić information content (AvgIpc) is 2.88. The van der Waals surface area contributed by atoms with Gasteiger partial charge >= 0.3 is 0 Å². The van der Waals surface area contributed by atoms with Crippen LogP contribution in [0.4, 0.5) is 15.8 Å². The number of anilines is 2. The number of hydrogen-bond donors (Lipinski definition) is 1. The lowest BCUT2D eigenvalue weighted by atomic mass is 10.1. The van der Waals surface area contributed by atoms with Gasteiger partial charge in [-0.15, -0.1) is 0 Å². The van der Waals surface area contributed by atoms with Crippen molar-refractivity contribution in [2.24, 2.45) is 0 Å². The average molecular weight is 257 g/mol. The van der Waals surface area contributed by atoms with Crippen molar-refractivity contribution in [1.82, 2.24) is 4.98 Å². The van der Waals surface area contributed by atoms with Crippen LogP contribution < -0.4 is 10.6 Å². The predicted molar refractivity (Wildman–Crippen MR) is 74.4 cm³/mol. The minimum atomic E-state index is -0.282. The van der Waals surface area contributed by atoms with Crippen LogP contribution in [0.3, 0.4) is 0 Å². The topological polar surface area (TPSA) is 42.1 Å². The molecule has 1 aromatic carbocycles. The number of pyridine rings is 1. The van der Waals surface area contributed by atoms with Crippen molar-refractivity contribution in [1.29, 1.82) is 0 Å². The summed E-state index contributed by atoms with van der Waals surface area (Å²) in [6, 6.07) is 9.06. The van der Waals surface area contributed by atoms with Crippen LogP contribution in [-0.2, 0) is 0 Å². The summed E-state index contributed by atoms with van der Waals surface area (Å²) in [7, 11) is 0. The first-order valence-electron chi connectivity index (χ1n) is 6.47. The van der Waals surface area contributed by atoms with E-state index in [9.17, 15) is 4.39 Å². The normalized spacial score (nSPS) is 18.8. The van der Waals surface area contributed by atoms with Crippen LogP contribution in [-0.4, -0.2) is 11.5 Å². The van der Waals surface area contributed by atoms with E-state index in [4.69, 9.17) is 5.73 Å². The Bertz CT molecular complexity index is 551. The molecule has 19 heavy (non-hydrogen) atoms. The number of nitrogens with zero attached hydrogens (tertiary/aromatic N) is 2. The third kappa shape index (κ3) is 2.38. The zero-order valence-electron chi connectivity index (χ0n) is 10.6. The summed E-state index contributed by atoms with van der Waals surface area (Å²) in [4.78, 5) is 6.26. The lowest BCUT2D eigenvalue weighted by Crippen LogP contribution is -2.22. The molecule has 2 N–H and O–H groups in total. The number of aromatic nitrogens is 1. The Hall–Kier alpha value is -2.10. The predicted octanol–water partition coefficient (Wildman–Crippen LogP) is 3.14. The lowest BCUT2D eigenvalue weighted by molar-refractivity contribution is 0.626. The van der Waals surface area contributed by atoms with E-state index in [1.54, 1.807) is 18.5 Å². The van der Waals surface area contributed by atoms with Crippen LogP contribution in [0.25, 0.3) is 0 Å². The van der Waals surface area contributed by atoms with Gasteiger partial charge < -0.3 is 10.6 Å².